The SMILES string of the molecule is [2H]c1c([2H])c([2H])c(-c2c([2H])c([2H])c3c4c([2H])c([2H])c([2H])c([2H])c4n(-c4nc(-c5ccc(-c6cccc7c6oc6ccccc67)cc5)nc(-n5c6c([2H])c([2H])c([2H])c([2H])c6c6c([2H])c([2H])c([2H])c([2H])c65)n4)c3c2[2H])c([2H])c1[2H]. The normalized spacial score (nSPS) is 16.8. The first kappa shape index (κ1) is 17.8. The summed E-state index contributed by atoms with van der Waals surface area (Å²) in [6.45, 7) is 0. The van der Waals surface area contributed by atoms with Gasteiger partial charge in [0.2, 0.25) is 11.9 Å². The van der Waals surface area contributed by atoms with Crippen LogP contribution in [-0.2, 0) is 0 Å². The highest BCUT2D eigenvalue weighted by Crippen LogP contribution is 2.38. The summed E-state index contributed by atoms with van der Waals surface area (Å²) in [4.78, 5) is 14.4. The molecule has 8 aromatic carbocycles. The van der Waals surface area contributed by atoms with Crippen molar-refractivity contribution in [3.05, 3.63) is 188 Å². The summed E-state index contributed by atoms with van der Waals surface area (Å²) in [6.07, 6.45) is 0. The molecule has 6 nitrogen and oxygen atoms in total. The lowest BCUT2D eigenvalue weighted by Gasteiger charge is -2.13. The van der Waals surface area contributed by atoms with Crippen LogP contribution in [0.5, 0.6) is 0 Å². The van der Waals surface area contributed by atoms with Crippen LogP contribution in [0.25, 0.3) is 111 Å². The molecule has 0 amide bonds. The first-order valence-electron chi connectivity index (χ1n) is 27.5. The average molecular weight is 750 g/mol. The summed E-state index contributed by atoms with van der Waals surface area (Å²) in [7, 11) is 0. The van der Waals surface area contributed by atoms with Crippen LogP contribution in [0.1, 0.15) is 27.4 Å². The predicted octanol–water partition coefficient (Wildman–Crippen LogP) is 13.0. The Bertz CT molecular complexity index is 4600. The Morgan fingerprint density at radius 2 is 0.965 bits per heavy atom. The molecule has 0 aliphatic heterocycles. The molecule has 4 heterocycles. The number of hydrogen-bond acceptors (Lipinski definition) is 4. The van der Waals surface area contributed by atoms with Gasteiger partial charge >= 0.3 is 0 Å². The van der Waals surface area contributed by atoms with Gasteiger partial charge in [0.25, 0.3) is 0 Å². The molecule has 0 aliphatic carbocycles. The second-order valence-electron chi connectivity index (χ2n) is 12.9. The highest BCUT2D eigenvalue weighted by atomic mass is 16.3. The highest BCUT2D eigenvalue weighted by molar-refractivity contribution is 6.11. The van der Waals surface area contributed by atoms with Crippen LogP contribution in [0.15, 0.2) is 192 Å². The van der Waals surface area contributed by atoms with E-state index in [0.717, 1.165) is 19.9 Å². The Labute approximate surface area is 354 Å². The quantitative estimate of drug-likeness (QED) is 0.176. The van der Waals surface area contributed by atoms with E-state index in [2.05, 4.69) is 0 Å². The molecule has 0 radical (unpaired) electrons. The molecule has 0 spiro atoms. The van der Waals surface area contributed by atoms with Gasteiger partial charge in [-0.3, -0.25) is 9.13 Å². The molecule has 12 rings (SSSR count). The summed E-state index contributed by atoms with van der Waals surface area (Å²) in [5.41, 5.74) is -0.120. The first-order chi connectivity index (χ1) is 36.6. The van der Waals surface area contributed by atoms with E-state index in [9.17, 15) is 9.60 Å². The van der Waals surface area contributed by atoms with Gasteiger partial charge in [0, 0.05) is 43.4 Å². The Morgan fingerprint density at radius 3 is 1.65 bits per heavy atom. The maximum Gasteiger partial charge on any atom is 0.240 e. The van der Waals surface area contributed by atoms with E-state index in [1.165, 1.54) is 0 Å². The standard InChI is InChI=1S/C51H31N5O/c1-2-13-32(14-3-1)35-29-30-40-39-17-6-10-23-45(39)56(46(40)31-35)51-53-49(52-50(54-51)55-43-21-8-4-15-37(43)38-16-5-9-22-44(38)55)34-27-25-33(26-28-34)36-19-12-20-42-41-18-7-11-24-47(41)57-48(36)42/h1-31H/i1D,2D,3D,4D,5D,6D,8D,9D,10D,13D,14D,15D,16D,17D,21D,22D,23D,29D,30D,31D. The van der Waals surface area contributed by atoms with Crippen molar-refractivity contribution in [1.82, 2.24) is 24.1 Å². The molecule has 4 aromatic heterocycles. The van der Waals surface area contributed by atoms with E-state index in [1.54, 1.807) is 24.3 Å². The van der Waals surface area contributed by atoms with Crippen molar-refractivity contribution in [2.45, 2.75) is 0 Å². The Hall–Kier alpha value is -7.83. The first-order valence-corrected chi connectivity index (χ1v) is 17.5. The number of hydrogen-bond donors (Lipinski definition) is 0. The zero-order chi connectivity index (χ0) is 54.9. The minimum Gasteiger partial charge on any atom is -0.455 e. The molecule has 0 saturated carbocycles. The van der Waals surface area contributed by atoms with Gasteiger partial charge in [-0.2, -0.15) is 15.0 Å². The van der Waals surface area contributed by atoms with E-state index in [1.807, 2.05) is 42.5 Å². The van der Waals surface area contributed by atoms with Gasteiger partial charge in [-0.15, -0.1) is 0 Å². The van der Waals surface area contributed by atoms with Crippen molar-refractivity contribution in [3.63, 3.8) is 0 Å². The van der Waals surface area contributed by atoms with E-state index in [0.29, 0.717) is 22.3 Å². The molecular formula is C51H31N5O. The van der Waals surface area contributed by atoms with Crippen LogP contribution in [0.4, 0.5) is 0 Å². The second kappa shape index (κ2) is 12.3. The summed E-state index contributed by atoms with van der Waals surface area (Å²) >= 11 is 0. The molecule has 0 aliphatic rings. The Balaban J connectivity index is 1.25. The van der Waals surface area contributed by atoms with Crippen molar-refractivity contribution < 1.29 is 31.8 Å². The number of aromatic nitrogens is 5. The van der Waals surface area contributed by atoms with Crippen LogP contribution in [0.2, 0.25) is 0 Å². The molecule has 266 valence electrons. The van der Waals surface area contributed by atoms with Crippen molar-refractivity contribution in [3.8, 4) is 45.5 Å². The molecule has 0 saturated heterocycles. The predicted molar refractivity (Wildman–Crippen MR) is 232 cm³/mol. The molecule has 57 heavy (non-hydrogen) atoms. The summed E-state index contributed by atoms with van der Waals surface area (Å²) < 4.78 is 187. The van der Waals surface area contributed by atoms with Crippen molar-refractivity contribution in [2.24, 2.45) is 0 Å². The molecule has 6 heteroatoms. The largest absolute Gasteiger partial charge is 0.455 e. The lowest BCUT2D eigenvalue weighted by atomic mass is 10.0. The van der Waals surface area contributed by atoms with Gasteiger partial charge in [-0.1, -0.05) is 157 Å². The third-order valence-corrected chi connectivity index (χ3v) is 9.81. The van der Waals surface area contributed by atoms with E-state index in [-0.39, 0.29) is 22.2 Å². The molecule has 0 atom stereocenters. The second-order valence-corrected chi connectivity index (χ2v) is 12.9. The van der Waals surface area contributed by atoms with E-state index >= 15 is 0 Å². The number of furan rings is 1. The molecule has 0 N–H and O–H groups in total. The zero-order valence-corrected chi connectivity index (χ0v) is 29.0. The maximum absolute atomic E-state index is 9.86. The zero-order valence-electron chi connectivity index (χ0n) is 49.0. The lowest BCUT2D eigenvalue weighted by molar-refractivity contribution is 0.670. The van der Waals surface area contributed by atoms with Crippen LogP contribution in [0.3, 0.4) is 0 Å². The number of rotatable bonds is 5. The van der Waals surface area contributed by atoms with Crippen molar-refractivity contribution in [2.75, 3.05) is 0 Å². The van der Waals surface area contributed by atoms with Crippen LogP contribution < -0.4 is 0 Å². The van der Waals surface area contributed by atoms with Crippen molar-refractivity contribution in [1.29, 1.82) is 0 Å². The fourth-order valence-corrected chi connectivity index (χ4v) is 7.29. The number of para-hydroxylation sites is 5. The van der Waals surface area contributed by atoms with Gasteiger partial charge in [0.1, 0.15) is 11.2 Å². The fraction of sp³-hybridized carbons (Fsp3) is 0. The number of nitrogens with zero attached hydrogens (tertiary/aromatic N) is 5. The molecule has 0 unspecified atom stereocenters. The molecule has 0 fully saturated rings. The lowest BCUT2D eigenvalue weighted by Crippen LogP contribution is -2.10. The Morgan fingerprint density at radius 1 is 0.404 bits per heavy atom. The van der Waals surface area contributed by atoms with Crippen LogP contribution in [-0.4, -0.2) is 24.1 Å². The monoisotopic (exact) mass is 749 g/mol. The van der Waals surface area contributed by atoms with Gasteiger partial charge in [-0.05, 0) is 46.9 Å². The topological polar surface area (TPSA) is 61.7 Å². The minimum atomic E-state index is -0.825. The molecule has 12 aromatic rings. The van der Waals surface area contributed by atoms with Gasteiger partial charge in [0.05, 0.1) is 49.5 Å². The third-order valence-electron chi connectivity index (χ3n) is 9.81. The highest BCUT2D eigenvalue weighted by Gasteiger charge is 2.21. The number of benzene rings is 8. The van der Waals surface area contributed by atoms with Crippen LogP contribution >= 0.6 is 0 Å². The molecule has 0 bridgehead atoms. The Kier molecular flexibility index (Phi) is 3.85. The van der Waals surface area contributed by atoms with Gasteiger partial charge in [-0.25, -0.2) is 0 Å². The average Bonchev–Trinajstić information content (AvgIpc) is 4.31. The number of fused-ring (bicyclic) bond motifs is 9. The van der Waals surface area contributed by atoms with Gasteiger partial charge < -0.3 is 4.42 Å². The molecular weight excluding hydrogens is 699 g/mol. The van der Waals surface area contributed by atoms with Crippen LogP contribution in [0, 0.1) is 0 Å². The maximum atomic E-state index is 9.86. The third kappa shape index (κ3) is 4.87. The van der Waals surface area contributed by atoms with E-state index in [4.69, 9.17) is 37.2 Å². The van der Waals surface area contributed by atoms with E-state index < -0.39 is 177 Å². The summed E-state index contributed by atoms with van der Waals surface area (Å²) in [5, 5.41) is 0.306. The summed E-state index contributed by atoms with van der Waals surface area (Å²) in [5.74, 6) is -1.40. The smallest absolute Gasteiger partial charge is 0.240 e. The van der Waals surface area contributed by atoms with Crippen molar-refractivity contribution >= 4 is 65.6 Å². The summed E-state index contributed by atoms with van der Waals surface area (Å²) in [6, 6.07) is 4.81. The van der Waals surface area contributed by atoms with Gasteiger partial charge in [0.15, 0.2) is 5.82 Å². The minimum absolute atomic E-state index is 0.225. The fourth-order valence-electron chi connectivity index (χ4n) is 7.29.